The molecule has 2 atom stereocenters. The second-order valence-corrected chi connectivity index (χ2v) is 10.9. The first-order valence-electron chi connectivity index (χ1n) is 12.2. The van der Waals surface area contributed by atoms with Crippen LogP contribution in [0.2, 0.25) is 15.1 Å². The molecule has 0 spiro atoms. The standard InChI is InChI=1S/C24H27Cl3FN7O2/c25-13-8-14(26)19(15(27)9-13)33-23-32-18-10-30-22(31-17-4-7-37-11-16(17)28)34-20(18)35(23)12-24(21(29)36)5-2-1-3-6-24/h8-10,16-17H,1-7,11-12H2,(H2,29,36)(H,32,33)(H,30,31,34)/t16-,17-/m1/s1. The summed E-state index contributed by atoms with van der Waals surface area (Å²) in [7, 11) is 0. The van der Waals surface area contributed by atoms with Crippen LogP contribution in [0.15, 0.2) is 18.3 Å². The predicted octanol–water partition coefficient (Wildman–Crippen LogP) is 5.50. The molecule has 2 aromatic heterocycles. The number of imidazole rings is 1. The molecule has 13 heteroatoms. The molecule has 1 amide bonds. The molecule has 2 fully saturated rings. The smallest absolute Gasteiger partial charge is 0.225 e. The third-order valence-corrected chi connectivity index (χ3v) is 7.94. The number of amides is 1. The van der Waals surface area contributed by atoms with E-state index in [4.69, 9.17) is 45.3 Å². The molecule has 2 aliphatic rings. The van der Waals surface area contributed by atoms with Crippen molar-refractivity contribution in [1.82, 2.24) is 19.5 Å². The van der Waals surface area contributed by atoms with E-state index in [0.29, 0.717) is 63.7 Å². The molecule has 1 aliphatic heterocycles. The number of nitrogens with two attached hydrogens (primary N) is 1. The number of carbonyl (C=O) groups is 1. The zero-order valence-electron chi connectivity index (χ0n) is 19.9. The number of primary amides is 1. The van der Waals surface area contributed by atoms with Crippen molar-refractivity contribution in [1.29, 1.82) is 0 Å². The summed E-state index contributed by atoms with van der Waals surface area (Å²) in [5, 5.41) is 7.28. The monoisotopic (exact) mass is 569 g/mol. The number of fused-ring (bicyclic) bond motifs is 1. The average Bonchev–Trinajstić information content (AvgIpc) is 3.19. The molecule has 3 heterocycles. The van der Waals surface area contributed by atoms with Gasteiger partial charge in [0.05, 0.1) is 40.0 Å². The lowest BCUT2D eigenvalue weighted by molar-refractivity contribution is -0.130. The maximum absolute atomic E-state index is 14.4. The molecule has 3 aromatic rings. The van der Waals surface area contributed by atoms with Crippen molar-refractivity contribution in [2.24, 2.45) is 11.1 Å². The second kappa shape index (κ2) is 10.8. The highest BCUT2D eigenvalue weighted by molar-refractivity contribution is 6.41. The van der Waals surface area contributed by atoms with Crippen molar-refractivity contribution in [3.8, 4) is 0 Å². The highest BCUT2D eigenvalue weighted by Crippen LogP contribution is 2.41. The molecular weight excluding hydrogens is 544 g/mol. The first-order chi connectivity index (χ1) is 17.8. The van der Waals surface area contributed by atoms with Gasteiger partial charge in [-0.05, 0) is 31.4 Å². The molecule has 37 heavy (non-hydrogen) atoms. The quantitative estimate of drug-likeness (QED) is 0.343. The number of benzene rings is 1. The number of nitrogens with one attached hydrogen (secondary N) is 2. The molecule has 5 rings (SSSR count). The van der Waals surface area contributed by atoms with Gasteiger partial charge in [-0.25, -0.2) is 14.4 Å². The summed E-state index contributed by atoms with van der Waals surface area (Å²) in [4.78, 5) is 26.4. The van der Waals surface area contributed by atoms with E-state index in [1.807, 2.05) is 0 Å². The Morgan fingerprint density at radius 2 is 1.92 bits per heavy atom. The van der Waals surface area contributed by atoms with Gasteiger partial charge in [0.25, 0.3) is 0 Å². The van der Waals surface area contributed by atoms with Crippen molar-refractivity contribution in [2.45, 2.75) is 57.3 Å². The number of carbonyl (C=O) groups excluding carboxylic acids is 1. The Labute approximate surface area is 228 Å². The molecule has 1 saturated heterocycles. The normalized spacial score (nSPS) is 21.6. The van der Waals surface area contributed by atoms with E-state index in [9.17, 15) is 9.18 Å². The Morgan fingerprint density at radius 3 is 2.59 bits per heavy atom. The number of rotatable bonds is 7. The summed E-state index contributed by atoms with van der Waals surface area (Å²) in [6.45, 7) is 0.731. The summed E-state index contributed by atoms with van der Waals surface area (Å²) in [6.07, 6.45) is 5.04. The van der Waals surface area contributed by atoms with Gasteiger partial charge in [-0.1, -0.05) is 54.1 Å². The summed E-state index contributed by atoms with van der Waals surface area (Å²) < 4.78 is 21.4. The minimum Gasteiger partial charge on any atom is -0.378 e. The van der Waals surface area contributed by atoms with Gasteiger partial charge in [0, 0.05) is 18.2 Å². The Hall–Kier alpha value is -2.40. The Morgan fingerprint density at radius 1 is 1.19 bits per heavy atom. The van der Waals surface area contributed by atoms with Crippen molar-refractivity contribution in [3.63, 3.8) is 0 Å². The van der Waals surface area contributed by atoms with Gasteiger partial charge >= 0.3 is 0 Å². The lowest BCUT2D eigenvalue weighted by Gasteiger charge is -2.35. The van der Waals surface area contributed by atoms with E-state index in [1.54, 1.807) is 22.9 Å². The lowest BCUT2D eigenvalue weighted by Crippen LogP contribution is -2.42. The molecule has 0 unspecified atom stereocenters. The maximum atomic E-state index is 14.4. The largest absolute Gasteiger partial charge is 0.378 e. The van der Waals surface area contributed by atoms with Gasteiger partial charge in [0.15, 0.2) is 5.65 Å². The molecule has 9 nitrogen and oxygen atoms in total. The Kier molecular flexibility index (Phi) is 7.63. The van der Waals surface area contributed by atoms with Crippen LogP contribution in [0.3, 0.4) is 0 Å². The minimum absolute atomic E-state index is 0.0235. The fraction of sp³-hybridized carbons (Fsp3) is 0.500. The van der Waals surface area contributed by atoms with Crippen LogP contribution in [0.25, 0.3) is 11.2 Å². The highest BCUT2D eigenvalue weighted by atomic mass is 35.5. The van der Waals surface area contributed by atoms with E-state index in [-0.39, 0.29) is 25.0 Å². The molecule has 4 N–H and O–H groups in total. The van der Waals surface area contributed by atoms with Crippen LogP contribution in [0.5, 0.6) is 0 Å². The molecular formula is C24H27Cl3FN7O2. The number of halogens is 4. The molecule has 198 valence electrons. The SMILES string of the molecule is NC(=O)C1(Cn2c(Nc3c(Cl)cc(Cl)cc3Cl)nc3cnc(N[C@@H]4CCOC[C@H]4F)nc32)CCCCC1. The third-order valence-electron chi connectivity index (χ3n) is 7.13. The second-order valence-electron chi connectivity index (χ2n) is 9.63. The zero-order valence-corrected chi connectivity index (χ0v) is 22.2. The number of anilines is 3. The van der Waals surface area contributed by atoms with Crippen LogP contribution in [0.4, 0.5) is 22.0 Å². The van der Waals surface area contributed by atoms with E-state index in [2.05, 4.69) is 25.6 Å². The summed E-state index contributed by atoms with van der Waals surface area (Å²) >= 11 is 18.9. The summed E-state index contributed by atoms with van der Waals surface area (Å²) in [5.74, 6) is 0.264. The van der Waals surface area contributed by atoms with Crippen LogP contribution >= 0.6 is 34.8 Å². The van der Waals surface area contributed by atoms with Gasteiger partial charge in [-0.15, -0.1) is 0 Å². The number of hydrogen-bond acceptors (Lipinski definition) is 7. The van der Waals surface area contributed by atoms with Crippen molar-refractivity contribution >= 4 is 69.5 Å². The molecule has 0 radical (unpaired) electrons. The Balaban J connectivity index is 1.57. The van der Waals surface area contributed by atoms with Crippen molar-refractivity contribution in [3.05, 3.63) is 33.4 Å². The first-order valence-corrected chi connectivity index (χ1v) is 13.3. The zero-order chi connectivity index (χ0) is 26.2. The fourth-order valence-corrected chi connectivity index (χ4v) is 5.96. The minimum atomic E-state index is -1.18. The van der Waals surface area contributed by atoms with E-state index in [0.717, 1.165) is 19.3 Å². The first kappa shape index (κ1) is 26.2. The van der Waals surface area contributed by atoms with E-state index >= 15 is 0 Å². The number of hydrogen-bond donors (Lipinski definition) is 3. The van der Waals surface area contributed by atoms with Gasteiger partial charge in [0.1, 0.15) is 11.7 Å². The average molecular weight is 571 g/mol. The van der Waals surface area contributed by atoms with Gasteiger partial charge in [0.2, 0.25) is 17.8 Å². The maximum Gasteiger partial charge on any atom is 0.225 e. The molecule has 1 saturated carbocycles. The van der Waals surface area contributed by atoms with Crippen LogP contribution < -0.4 is 16.4 Å². The number of alkyl halides is 1. The third kappa shape index (κ3) is 5.43. The lowest BCUT2D eigenvalue weighted by atomic mass is 9.73. The van der Waals surface area contributed by atoms with E-state index < -0.39 is 17.6 Å². The number of aromatic nitrogens is 4. The molecule has 0 bridgehead atoms. The van der Waals surface area contributed by atoms with E-state index in [1.165, 1.54) is 0 Å². The van der Waals surface area contributed by atoms with Gasteiger partial charge in [-0.2, -0.15) is 4.98 Å². The summed E-state index contributed by atoms with van der Waals surface area (Å²) in [5.41, 5.74) is 6.55. The Bertz CT molecular complexity index is 1290. The van der Waals surface area contributed by atoms with Crippen LogP contribution in [0.1, 0.15) is 38.5 Å². The number of ether oxygens (including phenoxy) is 1. The highest BCUT2D eigenvalue weighted by Gasteiger charge is 2.39. The van der Waals surface area contributed by atoms with Gasteiger partial charge < -0.3 is 21.1 Å². The van der Waals surface area contributed by atoms with Crippen LogP contribution in [-0.4, -0.2) is 50.9 Å². The van der Waals surface area contributed by atoms with Gasteiger partial charge in [-0.3, -0.25) is 9.36 Å². The molecule has 1 aliphatic carbocycles. The summed E-state index contributed by atoms with van der Waals surface area (Å²) in [6, 6.07) is 2.67. The van der Waals surface area contributed by atoms with Crippen molar-refractivity contribution < 1.29 is 13.9 Å². The molecule has 1 aromatic carbocycles. The number of nitrogens with zero attached hydrogens (tertiary/aromatic N) is 4. The predicted molar refractivity (Wildman–Crippen MR) is 143 cm³/mol. The van der Waals surface area contributed by atoms with Crippen LogP contribution in [-0.2, 0) is 16.1 Å². The topological polar surface area (TPSA) is 120 Å². The van der Waals surface area contributed by atoms with Crippen LogP contribution in [0, 0.1) is 5.41 Å². The fourth-order valence-electron chi connectivity index (χ4n) is 5.05. The van der Waals surface area contributed by atoms with Crippen molar-refractivity contribution in [2.75, 3.05) is 23.8 Å².